The fourth-order valence-electron chi connectivity index (χ4n) is 1.22. The standard InChI is InChI=1S/C10H11N3O2S/c1-14-7-3-2-4-8(5-7)15-6-9-11-10(16)13-12-9/h2-5H,6H2,1H3,(H2,11,12,13,16). The first-order chi connectivity index (χ1) is 7.78. The van der Waals surface area contributed by atoms with Gasteiger partial charge in [-0.15, -0.1) is 0 Å². The van der Waals surface area contributed by atoms with Crippen LogP contribution in [0.2, 0.25) is 0 Å². The van der Waals surface area contributed by atoms with Gasteiger partial charge in [-0.25, -0.2) is 4.98 Å². The maximum Gasteiger partial charge on any atom is 0.213 e. The summed E-state index contributed by atoms with van der Waals surface area (Å²) in [5.74, 6) is 2.14. The van der Waals surface area contributed by atoms with E-state index in [1.807, 2.05) is 18.2 Å². The number of ether oxygens (including phenoxy) is 2. The molecule has 0 amide bonds. The zero-order chi connectivity index (χ0) is 11.4. The monoisotopic (exact) mass is 237 g/mol. The Balaban J connectivity index is 2.01. The van der Waals surface area contributed by atoms with Crippen molar-refractivity contribution in [1.82, 2.24) is 15.2 Å². The van der Waals surface area contributed by atoms with Gasteiger partial charge in [-0.2, -0.15) is 0 Å². The Morgan fingerprint density at radius 1 is 1.31 bits per heavy atom. The summed E-state index contributed by atoms with van der Waals surface area (Å²) in [7, 11) is 1.62. The molecule has 2 N–H and O–H groups in total. The van der Waals surface area contributed by atoms with Crippen LogP contribution in [0.4, 0.5) is 0 Å². The summed E-state index contributed by atoms with van der Waals surface area (Å²) in [5.41, 5.74) is 0. The smallest absolute Gasteiger partial charge is 0.213 e. The van der Waals surface area contributed by atoms with E-state index in [0.717, 1.165) is 11.5 Å². The molecule has 84 valence electrons. The van der Waals surface area contributed by atoms with E-state index in [1.165, 1.54) is 0 Å². The molecule has 0 unspecified atom stereocenters. The molecule has 2 rings (SSSR count). The van der Waals surface area contributed by atoms with Gasteiger partial charge in [-0.05, 0) is 24.4 Å². The molecule has 2 aromatic rings. The Morgan fingerprint density at radius 3 is 2.81 bits per heavy atom. The highest BCUT2D eigenvalue weighted by molar-refractivity contribution is 7.71. The molecule has 0 atom stereocenters. The summed E-state index contributed by atoms with van der Waals surface area (Å²) < 4.78 is 11.0. The number of rotatable bonds is 4. The van der Waals surface area contributed by atoms with Gasteiger partial charge in [0.1, 0.15) is 18.1 Å². The van der Waals surface area contributed by atoms with Crippen LogP contribution in [-0.4, -0.2) is 22.3 Å². The van der Waals surface area contributed by atoms with Crippen LogP contribution in [0.25, 0.3) is 0 Å². The van der Waals surface area contributed by atoms with Gasteiger partial charge in [-0.3, -0.25) is 10.2 Å². The fraction of sp³-hybridized carbons (Fsp3) is 0.200. The zero-order valence-corrected chi connectivity index (χ0v) is 9.50. The quantitative estimate of drug-likeness (QED) is 0.799. The van der Waals surface area contributed by atoms with E-state index < -0.39 is 0 Å². The highest BCUT2D eigenvalue weighted by Crippen LogP contribution is 2.19. The second-order valence-electron chi connectivity index (χ2n) is 3.08. The van der Waals surface area contributed by atoms with Crippen LogP contribution in [0.3, 0.4) is 0 Å². The Labute approximate surface area is 97.4 Å². The van der Waals surface area contributed by atoms with Crippen LogP contribution in [0.1, 0.15) is 5.82 Å². The van der Waals surface area contributed by atoms with Gasteiger partial charge in [0.05, 0.1) is 7.11 Å². The Hall–Kier alpha value is -1.82. The largest absolute Gasteiger partial charge is 0.497 e. The normalized spacial score (nSPS) is 10.1. The van der Waals surface area contributed by atoms with E-state index in [1.54, 1.807) is 13.2 Å². The molecular weight excluding hydrogens is 226 g/mol. The Morgan fingerprint density at radius 2 is 2.12 bits per heavy atom. The lowest BCUT2D eigenvalue weighted by Crippen LogP contribution is -1.97. The maximum atomic E-state index is 5.51. The third-order valence-corrected chi connectivity index (χ3v) is 2.16. The van der Waals surface area contributed by atoms with Crippen molar-refractivity contribution in [2.75, 3.05) is 7.11 Å². The van der Waals surface area contributed by atoms with E-state index in [4.69, 9.17) is 21.7 Å². The van der Waals surface area contributed by atoms with Crippen molar-refractivity contribution >= 4 is 12.2 Å². The van der Waals surface area contributed by atoms with E-state index in [-0.39, 0.29) is 0 Å². The van der Waals surface area contributed by atoms with Gasteiger partial charge in [0, 0.05) is 6.07 Å². The fourth-order valence-corrected chi connectivity index (χ4v) is 1.38. The molecule has 0 saturated carbocycles. The molecule has 0 spiro atoms. The third-order valence-electron chi connectivity index (χ3n) is 1.97. The predicted molar refractivity (Wildman–Crippen MR) is 61.1 cm³/mol. The molecule has 16 heavy (non-hydrogen) atoms. The average molecular weight is 237 g/mol. The van der Waals surface area contributed by atoms with E-state index in [9.17, 15) is 0 Å². The molecule has 0 aliphatic carbocycles. The van der Waals surface area contributed by atoms with Crippen LogP contribution in [0.5, 0.6) is 11.5 Å². The topological polar surface area (TPSA) is 62.9 Å². The molecule has 1 aromatic heterocycles. The lowest BCUT2D eigenvalue weighted by Gasteiger charge is -2.05. The number of hydrogen-bond acceptors (Lipinski definition) is 4. The molecule has 0 saturated heterocycles. The molecule has 0 aliphatic rings. The van der Waals surface area contributed by atoms with Gasteiger partial charge in [-0.1, -0.05) is 6.07 Å². The predicted octanol–water partition coefficient (Wildman–Crippen LogP) is 2.05. The van der Waals surface area contributed by atoms with Crippen LogP contribution < -0.4 is 9.47 Å². The minimum Gasteiger partial charge on any atom is -0.497 e. The van der Waals surface area contributed by atoms with Gasteiger partial charge < -0.3 is 9.47 Å². The summed E-state index contributed by atoms with van der Waals surface area (Å²) in [5, 5.41) is 5.51. The molecule has 1 heterocycles. The molecule has 6 heteroatoms. The van der Waals surface area contributed by atoms with Crippen LogP contribution in [0.15, 0.2) is 24.3 Å². The van der Waals surface area contributed by atoms with Crippen molar-refractivity contribution in [2.24, 2.45) is 0 Å². The molecule has 0 radical (unpaired) electrons. The Kier molecular flexibility index (Phi) is 3.21. The van der Waals surface area contributed by atoms with Gasteiger partial charge in [0.25, 0.3) is 0 Å². The summed E-state index contributed by atoms with van der Waals surface area (Å²) in [4.78, 5) is 4.02. The zero-order valence-electron chi connectivity index (χ0n) is 8.69. The number of nitrogens with one attached hydrogen (secondary N) is 2. The van der Waals surface area contributed by atoms with E-state index in [2.05, 4.69) is 15.2 Å². The molecule has 0 aliphatic heterocycles. The first-order valence-corrected chi connectivity index (χ1v) is 5.09. The minimum absolute atomic E-state index is 0.334. The summed E-state index contributed by atoms with van der Waals surface area (Å²) >= 11 is 4.83. The number of hydrogen-bond donors (Lipinski definition) is 2. The molecule has 1 aromatic carbocycles. The van der Waals surface area contributed by atoms with E-state index in [0.29, 0.717) is 17.2 Å². The average Bonchev–Trinajstić information content (AvgIpc) is 2.73. The van der Waals surface area contributed by atoms with Crippen LogP contribution in [0, 0.1) is 4.77 Å². The van der Waals surface area contributed by atoms with Crippen molar-refractivity contribution in [3.63, 3.8) is 0 Å². The number of methoxy groups -OCH3 is 1. The second-order valence-corrected chi connectivity index (χ2v) is 3.47. The van der Waals surface area contributed by atoms with Gasteiger partial charge >= 0.3 is 0 Å². The van der Waals surface area contributed by atoms with Crippen molar-refractivity contribution in [3.05, 3.63) is 34.9 Å². The molecule has 5 nitrogen and oxygen atoms in total. The summed E-state index contributed by atoms with van der Waals surface area (Å²) in [6.07, 6.45) is 0. The number of benzene rings is 1. The Bertz CT molecular complexity index is 521. The SMILES string of the molecule is COc1cccc(OCc2nc(=S)[nH][nH]2)c1. The summed E-state index contributed by atoms with van der Waals surface area (Å²) in [6.45, 7) is 0.334. The molecular formula is C10H11N3O2S. The number of aromatic amines is 2. The van der Waals surface area contributed by atoms with Crippen LogP contribution in [-0.2, 0) is 6.61 Å². The number of nitrogens with zero attached hydrogens (tertiary/aromatic N) is 1. The highest BCUT2D eigenvalue weighted by Gasteiger charge is 1.99. The van der Waals surface area contributed by atoms with Crippen molar-refractivity contribution in [2.45, 2.75) is 6.61 Å². The first-order valence-electron chi connectivity index (χ1n) is 4.68. The third kappa shape index (κ3) is 2.60. The van der Waals surface area contributed by atoms with Crippen molar-refractivity contribution < 1.29 is 9.47 Å². The number of aromatic nitrogens is 3. The van der Waals surface area contributed by atoms with Gasteiger partial charge in [0.2, 0.25) is 4.77 Å². The molecule has 0 fully saturated rings. The lowest BCUT2D eigenvalue weighted by molar-refractivity contribution is 0.294. The van der Waals surface area contributed by atoms with Gasteiger partial charge in [0.15, 0.2) is 5.82 Å². The minimum atomic E-state index is 0.334. The van der Waals surface area contributed by atoms with Crippen molar-refractivity contribution in [1.29, 1.82) is 0 Å². The van der Waals surface area contributed by atoms with Crippen molar-refractivity contribution in [3.8, 4) is 11.5 Å². The lowest BCUT2D eigenvalue weighted by atomic mass is 10.3. The maximum absolute atomic E-state index is 5.51. The van der Waals surface area contributed by atoms with Crippen LogP contribution >= 0.6 is 12.2 Å². The van der Waals surface area contributed by atoms with E-state index >= 15 is 0 Å². The highest BCUT2D eigenvalue weighted by atomic mass is 32.1. The molecule has 0 bridgehead atoms. The number of H-pyrrole nitrogens is 2. The second kappa shape index (κ2) is 4.80. The first kappa shape index (κ1) is 10.7. The summed E-state index contributed by atoms with van der Waals surface area (Å²) in [6, 6.07) is 7.38.